The van der Waals surface area contributed by atoms with Crippen LogP contribution in [0.1, 0.15) is 24.8 Å². The lowest BCUT2D eigenvalue weighted by Gasteiger charge is -2.14. The average Bonchev–Trinajstić information content (AvgIpc) is 2.39. The van der Waals surface area contributed by atoms with E-state index in [1.165, 1.54) is 0 Å². The number of nitriles is 1. The van der Waals surface area contributed by atoms with Crippen molar-refractivity contribution in [2.75, 3.05) is 13.7 Å². The van der Waals surface area contributed by atoms with Gasteiger partial charge in [0.05, 0.1) is 19.8 Å². The minimum absolute atomic E-state index is 0.562. The Hall–Kier alpha value is -0.920. The number of nitrogens with zero attached hydrogens (tertiary/aromatic N) is 1. The van der Waals surface area contributed by atoms with Crippen molar-refractivity contribution in [3.05, 3.63) is 22.7 Å². The largest absolute Gasteiger partial charge is 0.493 e. The summed E-state index contributed by atoms with van der Waals surface area (Å²) in [7, 11) is 1.59. The molecule has 0 aromatic heterocycles. The molecule has 18 heavy (non-hydrogen) atoms. The highest BCUT2D eigenvalue weighted by molar-refractivity contribution is 9.08. The van der Waals surface area contributed by atoms with Crippen LogP contribution in [0.2, 0.25) is 5.02 Å². The topological polar surface area (TPSA) is 42.2 Å². The maximum atomic E-state index is 8.45. The summed E-state index contributed by atoms with van der Waals surface area (Å²) in [6.45, 7) is 0.569. The number of rotatable bonds is 7. The highest BCUT2D eigenvalue weighted by Gasteiger charge is 2.11. The van der Waals surface area contributed by atoms with Gasteiger partial charge in [0.25, 0.3) is 0 Å². The van der Waals surface area contributed by atoms with Crippen molar-refractivity contribution in [1.82, 2.24) is 0 Å². The molecule has 0 aliphatic heterocycles. The molecule has 0 spiro atoms. The molecule has 0 unspecified atom stereocenters. The van der Waals surface area contributed by atoms with Crippen molar-refractivity contribution in [1.29, 1.82) is 5.26 Å². The SMILES string of the molecule is COc1cc(Cl)cc(CBr)c1OCCCCC#N. The summed E-state index contributed by atoms with van der Waals surface area (Å²) in [5, 5.41) is 9.72. The average molecular weight is 333 g/mol. The molecule has 0 saturated carbocycles. The third-order valence-corrected chi connectivity index (χ3v) is 3.21. The normalized spacial score (nSPS) is 9.89. The third-order valence-electron chi connectivity index (χ3n) is 2.39. The second kappa shape index (κ2) is 8.23. The lowest BCUT2D eigenvalue weighted by molar-refractivity contribution is 0.285. The zero-order valence-electron chi connectivity index (χ0n) is 10.2. The Kier molecular flexibility index (Phi) is 6.92. The smallest absolute Gasteiger partial charge is 0.165 e. The van der Waals surface area contributed by atoms with Crippen LogP contribution in [-0.2, 0) is 5.33 Å². The molecule has 0 saturated heterocycles. The zero-order chi connectivity index (χ0) is 13.4. The number of halogens is 2. The molecule has 0 aliphatic carbocycles. The summed E-state index contributed by atoms with van der Waals surface area (Å²) in [5.41, 5.74) is 0.958. The molecular weight excluding hydrogens is 318 g/mol. The highest BCUT2D eigenvalue weighted by atomic mass is 79.9. The van der Waals surface area contributed by atoms with Gasteiger partial charge < -0.3 is 9.47 Å². The molecule has 98 valence electrons. The van der Waals surface area contributed by atoms with E-state index >= 15 is 0 Å². The van der Waals surface area contributed by atoms with E-state index < -0.39 is 0 Å². The van der Waals surface area contributed by atoms with Crippen molar-refractivity contribution < 1.29 is 9.47 Å². The maximum absolute atomic E-state index is 8.45. The predicted octanol–water partition coefficient (Wildman–Crippen LogP) is 4.32. The van der Waals surface area contributed by atoms with Gasteiger partial charge in [0, 0.05) is 28.4 Å². The van der Waals surface area contributed by atoms with Gasteiger partial charge in [-0.15, -0.1) is 0 Å². The van der Waals surface area contributed by atoms with Crippen molar-refractivity contribution >= 4 is 27.5 Å². The number of unbranched alkanes of at least 4 members (excludes halogenated alkanes) is 2. The molecule has 0 bridgehead atoms. The van der Waals surface area contributed by atoms with Crippen LogP contribution in [0, 0.1) is 11.3 Å². The Bertz CT molecular complexity index is 406. The van der Waals surface area contributed by atoms with Crippen LogP contribution in [-0.4, -0.2) is 13.7 Å². The van der Waals surface area contributed by atoms with Crippen LogP contribution in [0.4, 0.5) is 0 Å². The number of alkyl halides is 1. The van der Waals surface area contributed by atoms with Crippen LogP contribution in [0.3, 0.4) is 0 Å². The second-order valence-corrected chi connectivity index (χ2v) is 4.69. The first-order valence-corrected chi connectivity index (χ1v) is 7.15. The molecule has 0 atom stereocenters. The minimum atomic E-state index is 0.562. The van der Waals surface area contributed by atoms with E-state index in [1.54, 1.807) is 13.2 Å². The third kappa shape index (κ3) is 4.40. The highest BCUT2D eigenvalue weighted by Crippen LogP contribution is 2.36. The van der Waals surface area contributed by atoms with Gasteiger partial charge in [-0.1, -0.05) is 27.5 Å². The molecule has 0 heterocycles. The summed E-state index contributed by atoms with van der Waals surface area (Å²) in [6.07, 6.45) is 2.25. The van der Waals surface area contributed by atoms with E-state index in [-0.39, 0.29) is 0 Å². The van der Waals surface area contributed by atoms with E-state index in [9.17, 15) is 0 Å². The summed E-state index contributed by atoms with van der Waals surface area (Å²) >= 11 is 9.39. The Balaban J connectivity index is 2.70. The van der Waals surface area contributed by atoms with Crippen LogP contribution < -0.4 is 9.47 Å². The number of hydrogen-bond acceptors (Lipinski definition) is 3. The van der Waals surface area contributed by atoms with Gasteiger partial charge in [-0.05, 0) is 18.9 Å². The number of methoxy groups -OCH3 is 1. The van der Waals surface area contributed by atoms with Crippen LogP contribution >= 0.6 is 27.5 Å². The fourth-order valence-electron chi connectivity index (χ4n) is 1.52. The quantitative estimate of drug-likeness (QED) is 0.552. The molecule has 0 amide bonds. The first kappa shape index (κ1) is 15.1. The second-order valence-electron chi connectivity index (χ2n) is 3.69. The van der Waals surface area contributed by atoms with E-state index in [2.05, 4.69) is 22.0 Å². The van der Waals surface area contributed by atoms with Gasteiger partial charge in [-0.2, -0.15) is 5.26 Å². The van der Waals surface area contributed by atoms with Crippen LogP contribution in [0.15, 0.2) is 12.1 Å². The van der Waals surface area contributed by atoms with Crippen LogP contribution in [0.25, 0.3) is 0 Å². The van der Waals surface area contributed by atoms with Gasteiger partial charge in [0.1, 0.15) is 0 Å². The monoisotopic (exact) mass is 331 g/mol. The number of ether oxygens (including phenoxy) is 2. The molecular formula is C13H15BrClNO2. The minimum Gasteiger partial charge on any atom is -0.493 e. The Morgan fingerprint density at radius 3 is 2.78 bits per heavy atom. The lowest BCUT2D eigenvalue weighted by Crippen LogP contribution is -2.02. The first-order chi connectivity index (χ1) is 8.72. The van der Waals surface area contributed by atoms with Crippen molar-refractivity contribution in [2.24, 2.45) is 0 Å². The number of benzene rings is 1. The van der Waals surface area contributed by atoms with E-state index in [0.29, 0.717) is 29.1 Å². The summed E-state index contributed by atoms with van der Waals surface area (Å²) < 4.78 is 11.0. The van der Waals surface area contributed by atoms with Gasteiger partial charge in [-0.25, -0.2) is 0 Å². The van der Waals surface area contributed by atoms with Gasteiger partial charge in [-0.3, -0.25) is 0 Å². The molecule has 0 N–H and O–H groups in total. The van der Waals surface area contributed by atoms with Crippen molar-refractivity contribution in [3.8, 4) is 17.6 Å². The molecule has 1 aromatic carbocycles. The van der Waals surface area contributed by atoms with Crippen LogP contribution in [0.5, 0.6) is 11.5 Å². The van der Waals surface area contributed by atoms with Crippen molar-refractivity contribution in [2.45, 2.75) is 24.6 Å². The fourth-order valence-corrected chi connectivity index (χ4v) is 2.17. The van der Waals surface area contributed by atoms with E-state index in [1.807, 2.05) is 6.07 Å². The Morgan fingerprint density at radius 2 is 2.17 bits per heavy atom. The predicted molar refractivity (Wildman–Crippen MR) is 75.6 cm³/mol. The lowest BCUT2D eigenvalue weighted by atomic mass is 10.2. The molecule has 0 radical (unpaired) electrons. The Morgan fingerprint density at radius 1 is 1.39 bits per heavy atom. The maximum Gasteiger partial charge on any atom is 0.165 e. The summed E-state index contributed by atoms with van der Waals surface area (Å²) in [5.74, 6) is 1.35. The standard InChI is InChI=1S/C13H15BrClNO2/c1-17-12-8-11(15)7-10(9-14)13(12)18-6-4-2-3-5-16/h7-8H,2-4,6,9H2,1H3. The molecule has 1 aromatic rings. The Labute approximate surface area is 121 Å². The fraction of sp³-hybridized carbons (Fsp3) is 0.462. The van der Waals surface area contributed by atoms with E-state index in [4.69, 9.17) is 26.3 Å². The van der Waals surface area contributed by atoms with Gasteiger partial charge >= 0.3 is 0 Å². The van der Waals surface area contributed by atoms with Crippen molar-refractivity contribution in [3.63, 3.8) is 0 Å². The van der Waals surface area contributed by atoms with Gasteiger partial charge in [0.2, 0.25) is 0 Å². The molecule has 0 fully saturated rings. The molecule has 1 rings (SSSR count). The summed E-state index contributed by atoms with van der Waals surface area (Å²) in [4.78, 5) is 0. The first-order valence-electron chi connectivity index (χ1n) is 5.65. The number of hydrogen-bond donors (Lipinski definition) is 0. The summed E-state index contributed by atoms with van der Waals surface area (Å²) in [6, 6.07) is 5.70. The molecule has 5 heteroatoms. The van der Waals surface area contributed by atoms with Gasteiger partial charge in [0.15, 0.2) is 11.5 Å². The zero-order valence-corrected chi connectivity index (χ0v) is 12.6. The van der Waals surface area contributed by atoms with E-state index in [0.717, 1.165) is 24.2 Å². The molecule has 3 nitrogen and oxygen atoms in total. The molecule has 0 aliphatic rings.